The first kappa shape index (κ1) is 12.7. The summed E-state index contributed by atoms with van der Waals surface area (Å²) in [6.07, 6.45) is 1.22. The van der Waals surface area contributed by atoms with Crippen LogP contribution in [0.5, 0.6) is 0 Å². The Kier molecular flexibility index (Phi) is 5.33. The second-order valence-electron chi connectivity index (χ2n) is 3.65. The van der Waals surface area contributed by atoms with E-state index in [2.05, 4.69) is 24.1 Å². The summed E-state index contributed by atoms with van der Waals surface area (Å²) in [5, 5.41) is 2.65. The SMILES string of the molecule is CNC(=O)CN1CCC(C)C1C.Cl. The van der Waals surface area contributed by atoms with Crippen LogP contribution in [-0.4, -0.2) is 37.0 Å². The highest BCUT2D eigenvalue weighted by Gasteiger charge is 2.27. The van der Waals surface area contributed by atoms with E-state index in [0.717, 1.165) is 12.5 Å². The molecule has 0 aromatic rings. The van der Waals surface area contributed by atoms with E-state index in [1.54, 1.807) is 7.05 Å². The number of nitrogens with one attached hydrogen (secondary N) is 1. The maximum Gasteiger partial charge on any atom is 0.233 e. The zero-order chi connectivity index (χ0) is 9.14. The van der Waals surface area contributed by atoms with Crippen molar-refractivity contribution in [3.63, 3.8) is 0 Å². The Morgan fingerprint density at radius 1 is 1.54 bits per heavy atom. The number of likely N-dealkylation sites (tertiary alicyclic amines) is 1. The molecule has 0 saturated carbocycles. The Hall–Kier alpha value is -0.280. The quantitative estimate of drug-likeness (QED) is 0.728. The average Bonchev–Trinajstić information content (AvgIpc) is 2.36. The summed E-state index contributed by atoms with van der Waals surface area (Å²) in [6, 6.07) is 0.558. The van der Waals surface area contributed by atoms with E-state index in [1.807, 2.05) is 0 Å². The van der Waals surface area contributed by atoms with E-state index in [9.17, 15) is 4.79 Å². The van der Waals surface area contributed by atoms with Crippen LogP contribution >= 0.6 is 12.4 Å². The van der Waals surface area contributed by atoms with Gasteiger partial charge in [0.15, 0.2) is 0 Å². The van der Waals surface area contributed by atoms with Crippen LogP contribution in [0.15, 0.2) is 0 Å². The average molecular weight is 207 g/mol. The highest BCUT2D eigenvalue weighted by atomic mass is 35.5. The summed E-state index contributed by atoms with van der Waals surface area (Å²) in [6.45, 7) is 6.06. The summed E-state index contributed by atoms with van der Waals surface area (Å²) in [7, 11) is 1.69. The molecule has 1 aliphatic rings. The molecule has 0 aromatic heterocycles. The number of nitrogens with zero attached hydrogens (tertiary/aromatic N) is 1. The second-order valence-corrected chi connectivity index (χ2v) is 3.65. The van der Waals surface area contributed by atoms with Crippen molar-refractivity contribution in [3.05, 3.63) is 0 Å². The molecule has 1 amide bonds. The van der Waals surface area contributed by atoms with Crippen molar-refractivity contribution in [1.29, 1.82) is 0 Å². The molecule has 4 heteroatoms. The summed E-state index contributed by atoms with van der Waals surface area (Å²) >= 11 is 0. The van der Waals surface area contributed by atoms with Crippen molar-refractivity contribution in [3.8, 4) is 0 Å². The van der Waals surface area contributed by atoms with Gasteiger partial charge in [-0.1, -0.05) is 6.92 Å². The monoisotopic (exact) mass is 206 g/mol. The van der Waals surface area contributed by atoms with Crippen LogP contribution in [0.2, 0.25) is 0 Å². The van der Waals surface area contributed by atoms with Gasteiger partial charge in [-0.2, -0.15) is 0 Å². The molecule has 1 heterocycles. The maximum atomic E-state index is 11.1. The highest BCUT2D eigenvalue weighted by molar-refractivity contribution is 5.85. The number of hydrogen-bond acceptors (Lipinski definition) is 2. The predicted molar refractivity (Wildman–Crippen MR) is 56.1 cm³/mol. The van der Waals surface area contributed by atoms with Crippen LogP contribution < -0.4 is 5.32 Å². The first-order valence-electron chi connectivity index (χ1n) is 4.59. The van der Waals surface area contributed by atoms with Crippen molar-refractivity contribution >= 4 is 18.3 Å². The smallest absolute Gasteiger partial charge is 0.233 e. The minimum atomic E-state index is 0. The fourth-order valence-electron chi connectivity index (χ4n) is 1.66. The minimum absolute atomic E-state index is 0. The number of carbonyl (C=O) groups is 1. The van der Waals surface area contributed by atoms with Crippen molar-refractivity contribution in [2.75, 3.05) is 20.1 Å². The molecular weight excluding hydrogens is 188 g/mol. The molecule has 0 spiro atoms. The van der Waals surface area contributed by atoms with Crippen LogP contribution in [-0.2, 0) is 4.79 Å². The molecule has 3 nitrogen and oxygen atoms in total. The summed E-state index contributed by atoms with van der Waals surface area (Å²) in [5.74, 6) is 0.852. The fourth-order valence-corrected chi connectivity index (χ4v) is 1.66. The Balaban J connectivity index is 0.00000144. The van der Waals surface area contributed by atoms with Crippen LogP contribution in [0.4, 0.5) is 0 Å². The van der Waals surface area contributed by atoms with Gasteiger partial charge in [0.2, 0.25) is 5.91 Å². The Labute approximate surface area is 86.3 Å². The molecule has 1 rings (SSSR count). The van der Waals surface area contributed by atoms with Crippen molar-refractivity contribution in [1.82, 2.24) is 10.2 Å². The lowest BCUT2D eigenvalue weighted by Crippen LogP contribution is -2.38. The normalized spacial score (nSPS) is 28.2. The van der Waals surface area contributed by atoms with Gasteiger partial charge in [-0.15, -0.1) is 12.4 Å². The first-order valence-corrected chi connectivity index (χ1v) is 4.59. The van der Waals surface area contributed by atoms with Gasteiger partial charge in [-0.25, -0.2) is 0 Å². The third kappa shape index (κ3) is 3.16. The molecule has 13 heavy (non-hydrogen) atoms. The standard InChI is InChI=1S/C9H18N2O.ClH/c1-7-4-5-11(8(7)2)6-9(12)10-3;/h7-8H,4-6H2,1-3H3,(H,10,12);1H. The molecule has 0 aliphatic carbocycles. The Morgan fingerprint density at radius 2 is 2.15 bits per heavy atom. The molecular formula is C9H19ClN2O. The van der Waals surface area contributed by atoms with Gasteiger partial charge in [0, 0.05) is 13.1 Å². The number of likely N-dealkylation sites (N-methyl/N-ethyl adjacent to an activating group) is 1. The van der Waals surface area contributed by atoms with E-state index in [1.165, 1.54) is 6.42 Å². The maximum absolute atomic E-state index is 11.1. The van der Waals surface area contributed by atoms with Crippen LogP contribution in [0.1, 0.15) is 20.3 Å². The molecule has 0 radical (unpaired) electrons. The van der Waals surface area contributed by atoms with Crippen molar-refractivity contribution < 1.29 is 4.79 Å². The van der Waals surface area contributed by atoms with Crippen LogP contribution in [0, 0.1) is 5.92 Å². The van der Waals surface area contributed by atoms with Gasteiger partial charge in [0.05, 0.1) is 6.54 Å². The van der Waals surface area contributed by atoms with E-state index in [0.29, 0.717) is 12.6 Å². The molecule has 78 valence electrons. The molecule has 1 aliphatic heterocycles. The molecule has 1 fully saturated rings. The molecule has 0 aromatic carbocycles. The van der Waals surface area contributed by atoms with Crippen molar-refractivity contribution in [2.45, 2.75) is 26.3 Å². The molecule has 1 saturated heterocycles. The molecule has 2 unspecified atom stereocenters. The van der Waals surface area contributed by atoms with E-state index in [4.69, 9.17) is 0 Å². The second kappa shape index (κ2) is 5.45. The topological polar surface area (TPSA) is 32.3 Å². The number of hydrogen-bond donors (Lipinski definition) is 1. The highest BCUT2D eigenvalue weighted by Crippen LogP contribution is 2.22. The minimum Gasteiger partial charge on any atom is -0.358 e. The van der Waals surface area contributed by atoms with Gasteiger partial charge < -0.3 is 5.32 Å². The lowest BCUT2D eigenvalue weighted by molar-refractivity contribution is -0.121. The number of carbonyl (C=O) groups excluding carboxylic acids is 1. The Bertz CT molecular complexity index is 175. The predicted octanol–water partition coefficient (Wildman–Crippen LogP) is 0.884. The lowest BCUT2D eigenvalue weighted by atomic mass is 10.1. The fraction of sp³-hybridized carbons (Fsp3) is 0.889. The van der Waals surface area contributed by atoms with Crippen LogP contribution in [0.25, 0.3) is 0 Å². The Morgan fingerprint density at radius 3 is 2.54 bits per heavy atom. The number of amides is 1. The van der Waals surface area contributed by atoms with E-state index >= 15 is 0 Å². The van der Waals surface area contributed by atoms with Gasteiger partial charge in [-0.05, 0) is 25.8 Å². The molecule has 1 N–H and O–H groups in total. The summed E-state index contributed by atoms with van der Waals surface area (Å²) < 4.78 is 0. The third-order valence-corrected chi connectivity index (χ3v) is 2.90. The number of rotatable bonds is 2. The largest absolute Gasteiger partial charge is 0.358 e. The number of halogens is 1. The van der Waals surface area contributed by atoms with Crippen molar-refractivity contribution in [2.24, 2.45) is 5.92 Å². The van der Waals surface area contributed by atoms with Gasteiger partial charge in [0.25, 0.3) is 0 Å². The van der Waals surface area contributed by atoms with Gasteiger partial charge >= 0.3 is 0 Å². The third-order valence-electron chi connectivity index (χ3n) is 2.90. The summed E-state index contributed by atoms with van der Waals surface area (Å²) in [4.78, 5) is 13.3. The van der Waals surface area contributed by atoms with Gasteiger partial charge in [-0.3, -0.25) is 9.69 Å². The van der Waals surface area contributed by atoms with E-state index in [-0.39, 0.29) is 18.3 Å². The first-order chi connectivity index (χ1) is 5.65. The van der Waals surface area contributed by atoms with Crippen LogP contribution in [0.3, 0.4) is 0 Å². The van der Waals surface area contributed by atoms with Gasteiger partial charge in [0.1, 0.15) is 0 Å². The van der Waals surface area contributed by atoms with E-state index < -0.39 is 0 Å². The lowest BCUT2D eigenvalue weighted by Gasteiger charge is -2.21. The zero-order valence-electron chi connectivity index (χ0n) is 8.54. The summed E-state index contributed by atoms with van der Waals surface area (Å²) in [5.41, 5.74) is 0. The zero-order valence-corrected chi connectivity index (χ0v) is 9.36. The molecule has 0 bridgehead atoms. The molecule has 2 atom stereocenters.